The topological polar surface area (TPSA) is 29.9 Å². The Balaban J connectivity index is 2.75. The first kappa shape index (κ1) is 13.0. The van der Waals surface area contributed by atoms with E-state index in [1.54, 1.807) is 0 Å². The molecular formula is C13H23N3. The fourth-order valence-corrected chi connectivity index (χ4v) is 2.12. The zero-order valence-electron chi connectivity index (χ0n) is 10.9. The SMILES string of the molecule is C=CCNCC(C)n1nc(C)c(CC)c1C. The van der Waals surface area contributed by atoms with Gasteiger partial charge in [-0.3, -0.25) is 4.68 Å². The van der Waals surface area contributed by atoms with Crippen molar-refractivity contribution in [3.8, 4) is 0 Å². The maximum absolute atomic E-state index is 4.61. The molecule has 0 aliphatic rings. The third-order valence-electron chi connectivity index (χ3n) is 2.97. The van der Waals surface area contributed by atoms with Crippen molar-refractivity contribution < 1.29 is 0 Å². The van der Waals surface area contributed by atoms with Crippen LogP contribution in [0.1, 0.15) is 36.8 Å². The summed E-state index contributed by atoms with van der Waals surface area (Å²) in [4.78, 5) is 0. The highest BCUT2D eigenvalue weighted by atomic mass is 15.3. The van der Waals surface area contributed by atoms with Crippen LogP contribution in [0.2, 0.25) is 0 Å². The lowest BCUT2D eigenvalue weighted by Gasteiger charge is -2.14. The van der Waals surface area contributed by atoms with E-state index in [0.717, 1.165) is 25.2 Å². The Morgan fingerprint density at radius 3 is 2.69 bits per heavy atom. The summed E-state index contributed by atoms with van der Waals surface area (Å²) in [7, 11) is 0. The van der Waals surface area contributed by atoms with E-state index in [-0.39, 0.29) is 0 Å². The third-order valence-corrected chi connectivity index (χ3v) is 2.97. The lowest BCUT2D eigenvalue weighted by atomic mass is 10.1. The van der Waals surface area contributed by atoms with Crippen LogP contribution >= 0.6 is 0 Å². The summed E-state index contributed by atoms with van der Waals surface area (Å²) in [6, 6.07) is 0.388. The Labute approximate surface area is 98.5 Å². The molecule has 0 amide bonds. The van der Waals surface area contributed by atoms with Crippen molar-refractivity contribution in [2.24, 2.45) is 0 Å². The summed E-state index contributed by atoms with van der Waals surface area (Å²) < 4.78 is 2.13. The molecule has 3 nitrogen and oxygen atoms in total. The van der Waals surface area contributed by atoms with E-state index < -0.39 is 0 Å². The maximum Gasteiger partial charge on any atom is 0.0628 e. The number of nitrogens with zero attached hydrogens (tertiary/aromatic N) is 2. The molecule has 0 aliphatic carbocycles. The van der Waals surface area contributed by atoms with Gasteiger partial charge in [0.05, 0.1) is 11.7 Å². The molecule has 0 bridgehead atoms. The van der Waals surface area contributed by atoms with Crippen LogP contribution in [-0.4, -0.2) is 22.9 Å². The maximum atomic E-state index is 4.61. The van der Waals surface area contributed by atoms with E-state index in [0.29, 0.717) is 6.04 Å². The normalized spacial score (nSPS) is 12.8. The largest absolute Gasteiger partial charge is 0.311 e. The van der Waals surface area contributed by atoms with Gasteiger partial charge in [-0.2, -0.15) is 5.10 Å². The molecule has 1 aromatic heterocycles. The first-order valence-corrected chi connectivity index (χ1v) is 5.98. The lowest BCUT2D eigenvalue weighted by molar-refractivity contribution is 0.452. The van der Waals surface area contributed by atoms with Gasteiger partial charge in [0.2, 0.25) is 0 Å². The van der Waals surface area contributed by atoms with Gasteiger partial charge >= 0.3 is 0 Å². The average Bonchev–Trinajstić information content (AvgIpc) is 2.54. The molecule has 0 saturated carbocycles. The molecule has 1 heterocycles. The van der Waals surface area contributed by atoms with Crippen molar-refractivity contribution in [1.29, 1.82) is 0 Å². The van der Waals surface area contributed by atoms with E-state index >= 15 is 0 Å². The number of hydrogen-bond donors (Lipinski definition) is 1. The molecule has 1 atom stereocenters. The van der Waals surface area contributed by atoms with Crippen LogP contribution < -0.4 is 5.32 Å². The molecule has 0 radical (unpaired) electrons. The summed E-state index contributed by atoms with van der Waals surface area (Å²) in [6.07, 6.45) is 2.94. The quantitative estimate of drug-likeness (QED) is 0.590. The van der Waals surface area contributed by atoms with Crippen LogP contribution in [0.4, 0.5) is 0 Å². The zero-order valence-corrected chi connectivity index (χ0v) is 10.9. The Morgan fingerprint density at radius 1 is 1.50 bits per heavy atom. The van der Waals surface area contributed by atoms with Gasteiger partial charge in [0.15, 0.2) is 0 Å². The molecule has 0 aromatic carbocycles. The summed E-state index contributed by atoms with van der Waals surface area (Å²) in [5.74, 6) is 0. The van der Waals surface area contributed by atoms with Gasteiger partial charge in [0, 0.05) is 18.8 Å². The van der Waals surface area contributed by atoms with E-state index in [1.165, 1.54) is 11.3 Å². The number of aromatic nitrogens is 2. The van der Waals surface area contributed by atoms with E-state index in [2.05, 4.69) is 49.4 Å². The molecule has 0 fully saturated rings. The summed E-state index contributed by atoms with van der Waals surface area (Å²) in [5, 5.41) is 7.94. The number of aryl methyl sites for hydroxylation is 1. The average molecular weight is 221 g/mol. The number of nitrogens with one attached hydrogen (secondary N) is 1. The highest BCUT2D eigenvalue weighted by Gasteiger charge is 2.13. The summed E-state index contributed by atoms with van der Waals surface area (Å²) in [5.41, 5.74) is 3.85. The fourth-order valence-electron chi connectivity index (χ4n) is 2.12. The van der Waals surface area contributed by atoms with Crippen molar-refractivity contribution in [3.05, 3.63) is 29.6 Å². The minimum Gasteiger partial charge on any atom is -0.311 e. The third kappa shape index (κ3) is 2.73. The molecule has 1 unspecified atom stereocenters. The number of hydrogen-bond acceptors (Lipinski definition) is 2. The molecule has 1 N–H and O–H groups in total. The predicted molar refractivity (Wildman–Crippen MR) is 68.9 cm³/mol. The molecule has 90 valence electrons. The second-order valence-electron chi connectivity index (χ2n) is 4.24. The molecule has 0 saturated heterocycles. The molecule has 3 heteroatoms. The first-order chi connectivity index (χ1) is 7.61. The minimum atomic E-state index is 0.388. The van der Waals surface area contributed by atoms with E-state index in [9.17, 15) is 0 Å². The summed E-state index contributed by atoms with van der Waals surface area (Å²) in [6.45, 7) is 14.1. The Morgan fingerprint density at radius 2 is 2.19 bits per heavy atom. The highest BCUT2D eigenvalue weighted by Crippen LogP contribution is 2.17. The van der Waals surface area contributed by atoms with Crippen LogP contribution in [0, 0.1) is 13.8 Å². The fraction of sp³-hybridized carbons (Fsp3) is 0.615. The monoisotopic (exact) mass is 221 g/mol. The Hall–Kier alpha value is -1.09. The zero-order chi connectivity index (χ0) is 12.1. The minimum absolute atomic E-state index is 0.388. The van der Waals surface area contributed by atoms with Gasteiger partial charge in [0.1, 0.15) is 0 Å². The van der Waals surface area contributed by atoms with Gasteiger partial charge in [-0.15, -0.1) is 6.58 Å². The molecule has 0 aliphatic heterocycles. The second-order valence-corrected chi connectivity index (χ2v) is 4.24. The van der Waals surface area contributed by atoms with Crippen molar-refractivity contribution in [2.75, 3.05) is 13.1 Å². The van der Waals surface area contributed by atoms with Crippen LogP contribution in [-0.2, 0) is 6.42 Å². The first-order valence-electron chi connectivity index (χ1n) is 5.98. The van der Waals surface area contributed by atoms with Gasteiger partial charge in [-0.05, 0) is 32.8 Å². The molecule has 0 spiro atoms. The van der Waals surface area contributed by atoms with E-state index in [1.807, 2.05) is 6.08 Å². The lowest BCUT2D eigenvalue weighted by Crippen LogP contribution is -2.25. The van der Waals surface area contributed by atoms with Gasteiger partial charge in [-0.1, -0.05) is 13.0 Å². The van der Waals surface area contributed by atoms with Crippen molar-refractivity contribution >= 4 is 0 Å². The van der Waals surface area contributed by atoms with E-state index in [4.69, 9.17) is 0 Å². The molecule has 16 heavy (non-hydrogen) atoms. The van der Waals surface area contributed by atoms with Gasteiger partial charge in [0.25, 0.3) is 0 Å². The van der Waals surface area contributed by atoms with Crippen molar-refractivity contribution in [3.63, 3.8) is 0 Å². The Kier molecular flexibility index (Phi) is 4.74. The highest BCUT2D eigenvalue weighted by molar-refractivity contribution is 5.24. The van der Waals surface area contributed by atoms with Crippen LogP contribution in [0.25, 0.3) is 0 Å². The van der Waals surface area contributed by atoms with Crippen molar-refractivity contribution in [1.82, 2.24) is 15.1 Å². The second kappa shape index (κ2) is 5.85. The Bertz CT molecular complexity index is 352. The van der Waals surface area contributed by atoms with Crippen LogP contribution in [0.5, 0.6) is 0 Å². The van der Waals surface area contributed by atoms with Gasteiger partial charge < -0.3 is 5.32 Å². The van der Waals surface area contributed by atoms with Gasteiger partial charge in [-0.25, -0.2) is 0 Å². The number of rotatable bonds is 6. The summed E-state index contributed by atoms with van der Waals surface area (Å²) >= 11 is 0. The molecule has 1 aromatic rings. The smallest absolute Gasteiger partial charge is 0.0628 e. The standard InChI is InChI=1S/C13H23N3/c1-6-8-14-9-10(3)16-12(5)13(7-2)11(4)15-16/h6,10,14H,1,7-9H2,2-5H3. The predicted octanol–water partition coefficient (Wildman–Crippen LogP) is 2.40. The molecule has 1 rings (SSSR count). The molecular weight excluding hydrogens is 198 g/mol. The van der Waals surface area contributed by atoms with Crippen molar-refractivity contribution in [2.45, 2.75) is 40.2 Å². The van der Waals surface area contributed by atoms with Crippen LogP contribution in [0.15, 0.2) is 12.7 Å². The van der Waals surface area contributed by atoms with Crippen LogP contribution in [0.3, 0.4) is 0 Å².